The number of amides is 1. The van der Waals surface area contributed by atoms with E-state index in [2.05, 4.69) is 10.3 Å². The average molecular weight is 580 g/mol. The van der Waals surface area contributed by atoms with Crippen LogP contribution in [0.1, 0.15) is 84.8 Å². The van der Waals surface area contributed by atoms with E-state index in [0.717, 1.165) is 16.9 Å². The number of nitrogens with zero attached hydrogens (tertiary/aromatic N) is 2. The fourth-order valence-corrected chi connectivity index (χ4v) is 4.25. The number of carbonyl (C=O) groups excluding carboxylic acids is 2. The van der Waals surface area contributed by atoms with Gasteiger partial charge in [0.15, 0.2) is 5.03 Å². The third-order valence-corrected chi connectivity index (χ3v) is 6.72. The van der Waals surface area contributed by atoms with E-state index in [1.807, 2.05) is 59.7 Å². The number of benzene rings is 1. The van der Waals surface area contributed by atoms with E-state index in [9.17, 15) is 29.8 Å². The zero-order valence-corrected chi connectivity index (χ0v) is 24.6. The molecular weight excluding hydrogens is 529 g/mol. The minimum Gasteiger partial charge on any atom is -0.493 e. The summed E-state index contributed by atoms with van der Waals surface area (Å²) >= 11 is 0. The van der Waals surface area contributed by atoms with E-state index in [1.165, 1.54) is 0 Å². The molecule has 0 aromatic heterocycles. The molecule has 12 nitrogen and oxygen atoms in total. The first-order chi connectivity index (χ1) is 18.6. The fraction of sp³-hybridized carbons (Fsp3) is 0.679. The highest BCUT2D eigenvalue weighted by Crippen LogP contribution is 2.29. The summed E-state index contributed by atoms with van der Waals surface area (Å²) in [5.41, 5.74) is 8.63. The van der Waals surface area contributed by atoms with Crippen LogP contribution in [0.25, 0.3) is 0 Å². The molecule has 6 N–H and O–H groups in total. The highest BCUT2D eigenvalue weighted by Gasteiger charge is 2.34. The lowest BCUT2D eigenvalue weighted by Crippen LogP contribution is -2.49. The third-order valence-electron chi connectivity index (χ3n) is 6.72. The number of nitro groups is 1. The molecule has 0 aliphatic heterocycles. The number of hydrogen-bond donors (Lipinski definition) is 5. The molecular formula is C28H50BN5O7. The first-order valence-corrected chi connectivity index (χ1v) is 13.7. The number of nitrogens with two attached hydrogens (primary N) is 1. The van der Waals surface area contributed by atoms with E-state index in [1.54, 1.807) is 5.43 Å². The SMILES string of the molecule is C.Cc1ccc(C)c(OCCCC(C)(C)C(=O)C[C@@H](CCCN=C(N)N[N+](=O)[O-])C(=O)N[C@@H](CC(C)C)B(O)O)c1. The Balaban J connectivity index is 0.0000160. The minimum absolute atomic E-state index is 0. The quantitative estimate of drug-likeness (QED) is 0.0434. The molecule has 0 radical (unpaired) electrons. The second-order valence-electron chi connectivity index (χ2n) is 11.4. The van der Waals surface area contributed by atoms with Crippen molar-refractivity contribution in [2.24, 2.45) is 28.0 Å². The highest BCUT2D eigenvalue weighted by atomic mass is 16.7. The number of ketones is 1. The van der Waals surface area contributed by atoms with Gasteiger partial charge in [0.05, 0.1) is 12.5 Å². The molecule has 0 aliphatic rings. The van der Waals surface area contributed by atoms with Crippen LogP contribution in [0.4, 0.5) is 0 Å². The molecule has 41 heavy (non-hydrogen) atoms. The Bertz CT molecular complexity index is 1020. The number of aryl methyl sites for hydroxylation is 2. The number of nitrogens with one attached hydrogen (secondary N) is 2. The topological polar surface area (TPSA) is 189 Å². The maximum absolute atomic E-state index is 13.4. The highest BCUT2D eigenvalue weighted by molar-refractivity contribution is 6.43. The molecule has 0 heterocycles. The van der Waals surface area contributed by atoms with Gasteiger partial charge in [-0.05, 0) is 69.1 Å². The van der Waals surface area contributed by atoms with Crippen molar-refractivity contribution in [2.75, 3.05) is 13.2 Å². The standard InChI is InChI=1S/C27H46BN5O7.CH4/c1-18(2)15-24(28(36)37)31-25(35)21(9-7-13-30-26(29)32-33(38)39)17-23(34)27(5,6)12-8-14-40-22-16-19(3)10-11-20(22)4;/h10-11,16,18,21,24,36-37H,7-9,12-15,17H2,1-6H3,(H,31,35)(H3,29,30,32);1H4/t21-,24+;/m1./s1. The predicted octanol–water partition coefficient (Wildman–Crippen LogP) is 3.12. The molecule has 13 heteroatoms. The second-order valence-corrected chi connectivity index (χ2v) is 11.4. The van der Waals surface area contributed by atoms with Crippen LogP contribution in [-0.4, -0.2) is 58.9 Å². The number of rotatable bonds is 18. The summed E-state index contributed by atoms with van der Waals surface area (Å²) in [6.45, 7) is 12.0. The van der Waals surface area contributed by atoms with Crippen LogP contribution in [0.5, 0.6) is 5.75 Å². The summed E-state index contributed by atoms with van der Waals surface area (Å²) in [7, 11) is -1.74. The second kappa shape index (κ2) is 18.3. The molecule has 232 valence electrons. The first-order valence-electron chi connectivity index (χ1n) is 13.7. The van der Waals surface area contributed by atoms with E-state index < -0.39 is 35.3 Å². The van der Waals surface area contributed by atoms with E-state index in [0.29, 0.717) is 32.3 Å². The molecule has 0 bridgehead atoms. The summed E-state index contributed by atoms with van der Waals surface area (Å²) < 4.78 is 5.93. The summed E-state index contributed by atoms with van der Waals surface area (Å²) in [6, 6.07) is 6.01. The lowest BCUT2D eigenvalue weighted by Gasteiger charge is -2.27. The van der Waals surface area contributed by atoms with Gasteiger partial charge in [-0.15, -0.1) is 0 Å². The lowest BCUT2D eigenvalue weighted by molar-refractivity contribution is -0.525. The first kappa shape index (κ1) is 37.8. The number of aliphatic imine (C=N–C) groups is 1. The Kier molecular flexibility index (Phi) is 16.9. The molecule has 2 atom stereocenters. The van der Waals surface area contributed by atoms with Crippen LogP contribution in [0, 0.1) is 41.2 Å². The number of guanidine groups is 1. The third kappa shape index (κ3) is 14.9. The average Bonchev–Trinajstić information content (AvgIpc) is 2.84. The number of Topliss-reactive ketones (excluding diaryl/α,β-unsaturated/α-hetero) is 1. The molecule has 1 aromatic rings. The predicted molar refractivity (Wildman–Crippen MR) is 162 cm³/mol. The van der Waals surface area contributed by atoms with Crippen molar-refractivity contribution < 1.29 is 29.4 Å². The van der Waals surface area contributed by atoms with Crippen LogP contribution < -0.4 is 21.2 Å². The van der Waals surface area contributed by atoms with Gasteiger partial charge in [0.25, 0.3) is 5.96 Å². The summed E-state index contributed by atoms with van der Waals surface area (Å²) in [6.07, 6.45) is 2.11. The zero-order valence-electron chi connectivity index (χ0n) is 24.6. The van der Waals surface area contributed by atoms with Crippen molar-refractivity contribution in [3.05, 3.63) is 39.4 Å². The maximum atomic E-state index is 13.4. The Morgan fingerprint density at radius 3 is 2.46 bits per heavy atom. The zero-order chi connectivity index (χ0) is 30.5. The Morgan fingerprint density at radius 2 is 1.88 bits per heavy atom. The van der Waals surface area contributed by atoms with Crippen LogP contribution in [0.3, 0.4) is 0 Å². The number of carbonyl (C=O) groups is 2. The van der Waals surface area contributed by atoms with Gasteiger partial charge >= 0.3 is 7.12 Å². The molecule has 0 unspecified atom stereocenters. The monoisotopic (exact) mass is 579 g/mol. The summed E-state index contributed by atoms with van der Waals surface area (Å²) in [5, 5.41) is 31.9. The smallest absolute Gasteiger partial charge is 0.475 e. The molecule has 0 spiro atoms. The minimum atomic E-state index is -1.74. The summed E-state index contributed by atoms with van der Waals surface area (Å²) in [5.74, 6) is -1.61. The normalized spacial score (nSPS) is 13.1. The number of ether oxygens (including phenoxy) is 1. The van der Waals surface area contributed by atoms with E-state index in [-0.39, 0.29) is 44.5 Å². The van der Waals surface area contributed by atoms with Gasteiger partial charge < -0.3 is 25.8 Å². The van der Waals surface area contributed by atoms with Crippen LogP contribution in [-0.2, 0) is 9.59 Å². The van der Waals surface area contributed by atoms with E-state index >= 15 is 0 Å². The van der Waals surface area contributed by atoms with Crippen molar-refractivity contribution in [3.63, 3.8) is 0 Å². The molecule has 1 aromatic carbocycles. The molecule has 1 rings (SSSR count). The van der Waals surface area contributed by atoms with Gasteiger partial charge in [0.1, 0.15) is 11.5 Å². The molecule has 0 fully saturated rings. The lowest BCUT2D eigenvalue weighted by atomic mass is 9.74. The van der Waals surface area contributed by atoms with Gasteiger partial charge in [-0.3, -0.25) is 9.59 Å². The van der Waals surface area contributed by atoms with Crippen LogP contribution >= 0.6 is 0 Å². The van der Waals surface area contributed by atoms with Gasteiger partial charge in [-0.25, -0.2) is 15.1 Å². The molecule has 1 amide bonds. The van der Waals surface area contributed by atoms with Gasteiger partial charge in [0.2, 0.25) is 5.91 Å². The van der Waals surface area contributed by atoms with E-state index in [4.69, 9.17) is 10.5 Å². The van der Waals surface area contributed by atoms with Crippen molar-refractivity contribution in [1.82, 2.24) is 10.7 Å². The van der Waals surface area contributed by atoms with Crippen molar-refractivity contribution in [3.8, 4) is 5.75 Å². The van der Waals surface area contributed by atoms with Gasteiger partial charge in [-0.2, -0.15) is 0 Å². The van der Waals surface area contributed by atoms with Crippen LogP contribution in [0.2, 0.25) is 0 Å². The Hall–Kier alpha value is -3.19. The van der Waals surface area contributed by atoms with Crippen molar-refractivity contribution in [1.29, 1.82) is 0 Å². The van der Waals surface area contributed by atoms with Gasteiger partial charge in [0, 0.05) is 24.3 Å². The largest absolute Gasteiger partial charge is 0.493 e. The molecule has 0 aliphatic carbocycles. The van der Waals surface area contributed by atoms with Crippen molar-refractivity contribution >= 4 is 24.8 Å². The van der Waals surface area contributed by atoms with Crippen molar-refractivity contribution in [2.45, 2.75) is 93.4 Å². The Morgan fingerprint density at radius 1 is 1.22 bits per heavy atom. The van der Waals surface area contributed by atoms with Crippen LogP contribution in [0.15, 0.2) is 23.2 Å². The molecule has 0 saturated carbocycles. The maximum Gasteiger partial charge on any atom is 0.475 e. The van der Waals surface area contributed by atoms with Gasteiger partial charge in [-0.1, -0.05) is 52.7 Å². The number of hydrazine groups is 1. The molecule has 0 saturated heterocycles. The fourth-order valence-electron chi connectivity index (χ4n) is 4.25. The number of hydrogen-bond acceptors (Lipinski definition) is 8. The summed E-state index contributed by atoms with van der Waals surface area (Å²) in [4.78, 5) is 40.9. The Labute approximate surface area is 244 Å².